The number of hydrogen-bond donors (Lipinski definition) is 1. The minimum Gasteiger partial charge on any atom is -0.311 e. The molecule has 0 aliphatic carbocycles. The molecule has 1 N–H and O–H groups in total. The van der Waals surface area contributed by atoms with Crippen molar-refractivity contribution in [1.82, 2.24) is 5.32 Å². The molecule has 0 saturated carbocycles. The lowest BCUT2D eigenvalue weighted by Gasteiger charge is -2.14. The molecular formula is C12H16FN. The molecule has 76 valence electrons. The van der Waals surface area contributed by atoms with Crippen molar-refractivity contribution in [3.63, 3.8) is 0 Å². The number of halogens is 1. The fourth-order valence-corrected chi connectivity index (χ4v) is 2.35. The van der Waals surface area contributed by atoms with E-state index in [0.717, 1.165) is 6.42 Å². The monoisotopic (exact) mass is 193 g/mol. The van der Waals surface area contributed by atoms with Crippen LogP contribution in [0.25, 0.3) is 0 Å². The van der Waals surface area contributed by atoms with Crippen LogP contribution in [0, 0.1) is 5.82 Å². The third-order valence-corrected chi connectivity index (χ3v) is 3.06. The normalized spacial score (nSPS) is 32.1. The molecule has 14 heavy (non-hydrogen) atoms. The summed E-state index contributed by atoms with van der Waals surface area (Å²) in [7, 11) is 0. The maximum Gasteiger partial charge on any atom is 0.123 e. The van der Waals surface area contributed by atoms with Gasteiger partial charge >= 0.3 is 0 Å². The molecule has 1 aliphatic rings. The molecule has 1 aromatic carbocycles. The van der Waals surface area contributed by atoms with Crippen LogP contribution in [0.1, 0.15) is 31.7 Å². The van der Waals surface area contributed by atoms with Gasteiger partial charge in [-0.25, -0.2) is 4.39 Å². The Balaban J connectivity index is 2.19. The van der Waals surface area contributed by atoms with Crippen LogP contribution < -0.4 is 5.32 Å². The van der Waals surface area contributed by atoms with Gasteiger partial charge in [-0.2, -0.15) is 0 Å². The molecule has 1 aromatic rings. The Morgan fingerprint density at radius 3 is 2.36 bits per heavy atom. The van der Waals surface area contributed by atoms with Crippen molar-refractivity contribution >= 4 is 0 Å². The maximum atomic E-state index is 12.7. The summed E-state index contributed by atoms with van der Waals surface area (Å²) >= 11 is 0. The van der Waals surface area contributed by atoms with Crippen LogP contribution >= 0.6 is 0 Å². The highest BCUT2D eigenvalue weighted by molar-refractivity contribution is 5.23. The highest BCUT2D eigenvalue weighted by atomic mass is 19.1. The van der Waals surface area contributed by atoms with Crippen molar-refractivity contribution in [2.24, 2.45) is 0 Å². The van der Waals surface area contributed by atoms with E-state index in [0.29, 0.717) is 18.0 Å². The van der Waals surface area contributed by atoms with Gasteiger partial charge in [0, 0.05) is 18.0 Å². The first-order valence-electron chi connectivity index (χ1n) is 5.18. The third-order valence-electron chi connectivity index (χ3n) is 3.06. The molecule has 1 heterocycles. The van der Waals surface area contributed by atoms with Crippen LogP contribution in [0.2, 0.25) is 0 Å². The summed E-state index contributed by atoms with van der Waals surface area (Å²) in [5, 5.41) is 3.49. The van der Waals surface area contributed by atoms with Gasteiger partial charge < -0.3 is 5.32 Å². The molecule has 2 rings (SSSR count). The quantitative estimate of drug-likeness (QED) is 0.723. The first-order valence-corrected chi connectivity index (χ1v) is 5.18. The van der Waals surface area contributed by atoms with E-state index in [4.69, 9.17) is 0 Å². The largest absolute Gasteiger partial charge is 0.311 e. The highest BCUT2D eigenvalue weighted by Gasteiger charge is 2.28. The second-order valence-corrected chi connectivity index (χ2v) is 4.25. The second-order valence-electron chi connectivity index (χ2n) is 4.25. The Hall–Kier alpha value is -0.890. The molecular weight excluding hydrogens is 177 g/mol. The molecule has 1 fully saturated rings. The predicted molar refractivity (Wildman–Crippen MR) is 55.8 cm³/mol. The lowest BCUT2D eigenvalue weighted by molar-refractivity contribution is 0.573. The average Bonchev–Trinajstić information content (AvgIpc) is 2.47. The van der Waals surface area contributed by atoms with Gasteiger partial charge in [-0.3, -0.25) is 0 Å². The third kappa shape index (κ3) is 1.80. The van der Waals surface area contributed by atoms with Gasteiger partial charge in [0.25, 0.3) is 0 Å². The highest BCUT2D eigenvalue weighted by Crippen LogP contribution is 2.30. The summed E-state index contributed by atoms with van der Waals surface area (Å²) < 4.78 is 12.7. The summed E-state index contributed by atoms with van der Waals surface area (Å²) in [6.07, 6.45) is 1.15. The van der Waals surface area contributed by atoms with Gasteiger partial charge in [-0.15, -0.1) is 0 Å². The Bertz CT molecular complexity index is 307. The smallest absolute Gasteiger partial charge is 0.123 e. The maximum absolute atomic E-state index is 12.7. The molecule has 0 bridgehead atoms. The van der Waals surface area contributed by atoms with E-state index in [9.17, 15) is 4.39 Å². The van der Waals surface area contributed by atoms with Gasteiger partial charge in [0.1, 0.15) is 5.82 Å². The molecule has 1 aliphatic heterocycles. The molecule has 0 amide bonds. The van der Waals surface area contributed by atoms with Crippen LogP contribution in [0.5, 0.6) is 0 Å². The van der Waals surface area contributed by atoms with E-state index >= 15 is 0 Å². The first-order chi connectivity index (χ1) is 6.66. The standard InChI is InChI=1S/C12H16FN/c1-8-7-12(9(2)14-8)10-3-5-11(13)6-4-10/h3-6,8-9,12,14H,7H2,1-2H3. The van der Waals surface area contributed by atoms with E-state index in [-0.39, 0.29) is 5.82 Å². The van der Waals surface area contributed by atoms with Gasteiger partial charge in [0.05, 0.1) is 0 Å². The molecule has 3 unspecified atom stereocenters. The van der Waals surface area contributed by atoms with Crippen LogP contribution in [-0.2, 0) is 0 Å². The van der Waals surface area contributed by atoms with Crippen molar-refractivity contribution in [3.05, 3.63) is 35.6 Å². The van der Waals surface area contributed by atoms with Gasteiger partial charge in [-0.05, 0) is 38.0 Å². The van der Waals surface area contributed by atoms with Crippen molar-refractivity contribution in [1.29, 1.82) is 0 Å². The zero-order valence-corrected chi connectivity index (χ0v) is 8.63. The summed E-state index contributed by atoms with van der Waals surface area (Å²) in [4.78, 5) is 0. The summed E-state index contributed by atoms with van der Waals surface area (Å²) in [6.45, 7) is 4.39. The van der Waals surface area contributed by atoms with Gasteiger partial charge in [0.15, 0.2) is 0 Å². The lowest BCUT2D eigenvalue weighted by atomic mass is 9.92. The van der Waals surface area contributed by atoms with E-state index in [1.807, 2.05) is 12.1 Å². The number of nitrogens with one attached hydrogen (secondary N) is 1. The van der Waals surface area contributed by atoms with Crippen LogP contribution in [-0.4, -0.2) is 12.1 Å². The van der Waals surface area contributed by atoms with E-state index in [1.54, 1.807) is 12.1 Å². The Morgan fingerprint density at radius 1 is 1.21 bits per heavy atom. The molecule has 2 heteroatoms. The second kappa shape index (κ2) is 3.70. The SMILES string of the molecule is CC1CC(c2ccc(F)cc2)C(C)N1. The fraction of sp³-hybridized carbons (Fsp3) is 0.500. The number of benzene rings is 1. The molecule has 1 nitrogen and oxygen atoms in total. The Morgan fingerprint density at radius 2 is 1.86 bits per heavy atom. The first kappa shape index (κ1) is 9.66. The summed E-state index contributed by atoms with van der Waals surface area (Å²) in [6, 6.07) is 7.96. The van der Waals surface area contributed by atoms with E-state index < -0.39 is 0 Å². The molecule has 1 saturated heterocycles. The van der Waals surface area contributed by atoms with Crippen LogP contribution in [0.15, 0.2) is 24.3 Å². The van der Waals surface area contributed by atoms with Crippen molar-refractivity contribution < 1.29 is 4.39 Å². The minimum atomic E-state index is -0.152. The average molecular weight is 193 g/mol. The summed E-state index contributed by atoms with van der Waals surface area (Å²) in [5.74, 6) is 0.381. The van der Waals surface area contributed by atoms with E-state index in [2.05, 4.69) is 19.2 Å². The summed E-state index contributed by atoms with van der Waals surface area (Å²) in [5.41, 5.74) is 1.25. The molecule has 0 aromatic heterocycles. The number of hydrogen-bond acceptors (Lipinski definition) is 1. The van der Waals surface area contributed by atoms with Crippen molar-refractivity contribution in [2.45, 2.75) is 38.3 Å². The Labute approximate surface area is 84.3 Å². The number of rotatable bonds is 1. The van der Waals surface area contributed by atoms with Crippen LogP contribution in [0.3, 0.4) is 0 Å². The van der Waals surface area contributed by atoms with Crippen LogP contribution in [0.4, 0.5) is 4.39 Å². The van der Waals surface area contributed by atoms with Crippen molar-refractivity contribution in [2.75, 3.05) is 0 Å². The Kier molecular flexibility index (Phi) is 2.55. The molecule has 0 radical (unpaired) electrons. The zero-order chi connectivity index (χ0) is 10.1. The van der Waals surface area contributed by atoms with Crippen molar-refractivity contribution in [3.8, 4) is 0 Å². The zero-order valence-electron chi connectivity index (χ0n) is 8.63. The topological polar surface area (TPSA) is 12.0 Å². The minimum absolute atomic E-state index is 0.152. The van der Waals surface area contributed by atoms with Gasteiger partial charge in [0.2, 0.25) is 0 Å². The predicted octanol–water partition coefficient (Wildman–Crippen LogP) is 2.68. The lowest BCUT2D eigenvalue weighted by Crippen LogP contribution is -2.26. The van der Waals surface area contributed by atoms with E-state index in [1.165, 1.54) is 5.56 Å². The fourth-order valence-electron chi connectivity index (χ4n) is 2.35. The van der Waals surface area contributed by atoms with Gasteiger partial charge in [-0.1, -0.05) is 12.1 Å². The molecule has 3 atom stereocenters. The molecule has 0 spiro atoms.